The van der Waals surface area contributed by atoms with E-state index in [1.54, 1.807) is 19.9 Å². The molecule has 96 valence electrons. The second kappa shape index (κ2) is 5.03. The molecule has 1 atom stereocenters. The fraction of sp³-hybridized carbons (Fsp3) is 0.455. The number of anilines is 1. The van der Waals surface area contributed by atoms with Gasteiger partial charge in [-0.3, -0.25) is 0 Å². The molecular weight excluding hydrogens is 240 g/mol. The van der Waals surface area contributed by atoms with E-state index in [4.69, 9.17) is 10.8 Å². The molecule has 0 fully saturated rings. The molecule has 4 N–H and O–H groups in total. The second-order valence-electron chi connectivity index (χ2n) is 4.16. The van der Waals surface area contributed by atoms with Gasteiger partial charge in [0.05, 0.1) is 11.0 Å². The van der Waals surface area contributed by atoms with Gasteiger partial charge in [0.1, 0.15) is 0 Å². The van der Waals surface area contributed by atoms with Crippen LogP contribution in [0.4, 0.5) is 5.69 Å². The molecule has 0 radical (unpaired) electrons. The number of aliphatic hydroxyl groups is 1. The van der Waals surface area contributed by atoms with Crippen molar-refractivity contribution in [2.75, 3.05) is 12.3 Å². The Bertz CT molecular complexity index is 510. The Morgan fingerprint density at radius 2 is 2.00 bits per heavy atom. The van der Waals surface area contributed by atoms with Crippen LogP contribution < -0.4 is 10.5 Å². The van der Waals surface area contributed by atoms with Crippen LogP contribution in [0.1, 0.15) is 18.1 Å². The van der Waals surface area contributed by atoms with E-state index in [1.807, 2.05) is 0 Å². The van der Waals surface area contributed by atoms with E-state index in [-0.39, 0.29) is 11.4 Å². The predicted octanol–water partition coefficient (Wildman–Crippen LogP) is 0.545. The molecule has 0 aliphatic carbocycles. The third-order valence-electron chi connectivity index (χ3n) is 2.50. The Balaban J connectivity index is 3.15. The first-order valence-electron chi connectivity index (χ1n) is 5.28. The van der Waals surface area contributed by atoms with Gasteiger partial charge in [-0.05, 0) is 44.0 Å². The molecule has 0 amide bonds. The zero-order valence-electron chi connectivity index (χ0n) is 10.2. The Morgan fingerprint density at radius 3 is 2.53 bits per heavy atom. The molecule has 6 heteroatoms. The van der Waals surface area contributed by atoms with Crippen molar-refractivity contribution in [1.29, 1.82) is 0 Å². The first-order chi connectivity index (χ1) is 7.74. The molecule has 1 unspecified atom stereocenters. The summed E-state index contributed by atoms with van der Waals surface area (Å²) in [6.45, 7) is 5.03. The van der Waals surface area contributed by atoms with E-state index in [9.17, 15) is 8.42 Å². The van der Waals surface area contributed by atoms with E-state index in [0.29, 0.717) is 11.3 Å². The van der Waals surface area contributed by atoms with E-state index in [0.717, 1.165) is 5.56 Å². The summed E-state index contributed by atoms with van der Waals surface area (Å²) in [6.07, 6.45) is -0.729. The minimum Gasteiger partial charge on any atom is -0.399 e. The number of aliphatic hydroxyl groups excluding tert-OH is 1. The highest BCUT2D eigenvalue weighted by Gasteiger charge is 2.18. The molecule has 0 saturated heterocycles. The third-order valence-corrected chi connectivity index (χ3v) is 4.05. The van der Waals surface area contributed by atoms with E-state index in [1.165, 1.54) is 13.0 Å². The number of sulfonamides is 1. The number of hydrogen-bond acceptors (Lipinski definition) is 4. The lowest BCUT2D eigenvalue weighted by Gasteiger charge is -2.13. The molecule has 0 aliphatic rings. The van der Waals surface area contributed by atoms with E-state index in [2.05, 4.69) is 4.72 Å². The van der Waals surface area contributed by atoms with Crippen molar-refractivity contribution >= 4 is 15.7 Å². The highest BCUT2D eigenvalue weighted by molar-refractivity contribution is 7.89. The monoisotopic (exact) mass is 258 g/mol. The molecule has 1 aromatic rings. The number of aryl methyl sites for hydroxylation is 1. The van der Waals surface area contributed by atoms with Crippen LogP contribution in [-0.2, 0) is 10.0 Å². The normalized spacial score (nSPS) is 13.6. The quantitative estimate of drug-likeness (QED) is 0.687. The summed E-state index contributed by atoms with van der Waals surface area (Å²) in [7, 11) is -3.62. The summed E-state index contributed by atoms with van der Waals surface area (Å²) in [4.78, 5) is 0.163. The van der Waals surface area contributed by atoms with Crippen LogP contribution in [0.15, 0.2) is 17.0 Å². The van der Waals surface area contributed by atoms with Crippen LogP contribution in [0.25, 0.3) is 0 Å². The summed E-state index contributed by atoms with van der Waals surface area (Å²) in [5, 5.41) is 9.09. The topological polar surface area (TPSA) is 92.4 Å². The van der Waals surface area contributed by atoms with Gasteiger partial charge in [0, 0.05) is 12.2 Å². The minimum absolute atomic E-state index is 0.0182. The minimum atomic E-state index is -3.62. The Morgan fingerprint density at radius 1 is 1.41 bits per heavy atom. The maximum Gasteiger partial charge on any atom is 0.241 e. The van der Waals surface area contributed by atoms with Gasteiger partial charge in [-0.15, -0.1) is 0 Å². The molecule has 1 rings (SSSR count). The molecule has 5 nitrogen and oxygen atoms in total. The van der Waals surface area contributed by atoms with Crippen molar-refractivity contribution in [2.24, 2.45) is 0 Å². The van der Waals surface area contributed by atoms with Crippen LogP contribution >= 0.6 is 0 Å². The fourth-order valence-electron chi connectivity index (χ4n) is 1.44. The molecule has 0 heterocycles. The van der Waals surface area contributed by atoms with Gasteiger partial charge in [-0.1, -0.05) is 0 Å². The van der Waals surface area contributed by atoms with Crippen molar-refractivity contribution in [2.45, 2.75) is 31.8 Å². The third kappa shape index (κ3) is 3.42. The summed E-state index contributed by atoms with van der Waals surface area (Å²) < 4.78 is 26.3. The maximum atomic E-state index is 12.0. The van der Waals surface area contributed by atoms with Gasteiger partial charge in [0.25, 0.3) is 0 Å². The largest absolute Gasteiger partial charge is 0.399 e. The second-order valence-corrected chi connectivity index (χ2v) is 5.90. The van der Waals surface area contributed by atoms with Gasteiger partial charge in [-0.25, -0.2) is 13.1 Å². The first kappa shape index (κ1) is 14.0. The number of benzene rings is 1. The summed E-state index contributed by atoms with van der Waals surface area (Å²) in [5.41, 5.74) is 7.53. The number of nitrogens with one attached hydrogen (secondary N) is 1. The Labute approximate surface area is 102 Å². The molecule has 0 spiro atoms. The molecule has 0 bridgehead atoms. The van der Waals surface area contributed by atoms with Crippen LogP contribution in [0.5, 0.6) is 0 Å². The smallest absolute Gasteiger partial charge is 0.241 e. The van der Waals surface area contributed by atoms with Gasteiger partial charge in [0.2, 0.25) is 10.0 Å². The number of nitrogen functional groups attached to an aromatic ring is 1. The van der Waals surface area contributed by atoms with Gasteiger partial charge >= 0.3 is 0 Å². The SMILES string of the molecule is Cc1cc(N)cc(S(=O)(=O)NCC(C)O)c1C. The van der Waals surface area contributed by atoms with Crippen molar-refractivity contribution < 1.29 is 13.5 Å². The first-order valence-corrected chi connectivity index (χ1v) is 6.77. The van der Waals surface area contributed by atoms with Crippen molar-refractivity contribution in [3.05, 3.63) is 23.3 Å². The standard InChI is InChI=1S/C11H18N2O3S/c1-7-4-10(12)5-11(9(7)3)17(15,16)13-6-8(2)14/h4-5,8,13-14H,6,12H2,1-3H3. The lowest BCUT2D eigenvalue weighted by molar-refractivity contribution is 0.198. The molecule has 1 aromatic carbocycles. The van der Waals surface area contributed by atoms with E-state index >= 15 is 0 Å². The van der Waals surface area contributed by atoms with Crippen LogP contribution in [-0.4, -0.2) is 26.2 Å². The lowest BCUT2D eigenvalue weighted by atomic mass is 10.1. The molecular formula is C11H18N2O3S. The van der Waals surface area contributed by atoms with Gasteiger partial charge < -0.3 is 10.8 Å². The number of hydrogen-bond donors (Lipinski definition) is 3. The summed E-state index contributed by atoms with van der Waals surface area (Å²) >= 11 is 0. The zero-order valence-corrected chi connectivity index (χ0v) is 11.0. The van der Waals surface area contributed by atoms with Crippen LogP contribution in [0.2, 0.25) is 0 Å². The Kier molecular flexibility index (Phi) is 4.13. The van der Waals surface area contributed by atoms with Gasteiger partial charge in [0.15, 0.2) is 0 Å². The Hall–Kier alpha value is -1.11. The fourth-order valence-corrected chi connectivity index (χ4v) is 2.91. The van der Waals surface area contributed by atoms with Crippen LogP contribution in [0.3, 0.4) is 0 Å². The van der Waals surface area contributed by atoms with Gasteiger partial charge in [-0.2, -0.15) is 0 Å². The predicted molar refractivity (Wildman–Crippen MR) is 67.2 cm³/mol. The highest BCUT2D eigenvalue weighted by Crippen LogP contribution is 2.22. The van der Waals surface area contributed by atoms with Crippen molar-refractivity contribution in [1.82, 2.24) is 4.72 Å². The van der Waals surface area contributed by atoms with E-state index < -0.39 is 16.1 Å². The number of rotatable bonds is 4. The lowest BCUT2D eigenvalue weighted by Crippen LogP contribution is -2.31. The summed E-state index contributed by atoms with van der Waals surface area (Å²) in [5.74, 6) is 0. The zero-order chi connectivity index (χ0) is 13.2. The number of nitrogens with two attached hydrogens (primary N) is 1. The molecule has 0 aromatic heterocycles. The molecule has 17 heavy (non-hydrogen) atoms. The summed E-state index contributed by atoms with van der Waals surface area (Å²) in [6, 6.07) is 3.15. The average molecular weight is 258 g/mol. The molecule has 0 saturated carbocycles. The maximum absolute atomic E-state index is 12.0. The van der Waals surface area contributed by atoms with Crippen molar-refractivity contribution in [3.8, 4) is 0 Å². The average Bonchev–Trinajstić information content (AvgIpc) is 2.20. The molecule has 0 aliphatic heterocycles. The van der Waals surface area contributed by atoms with Crippen molar-refractivity contribution in [3.63, 3.8) is 0 Å². The van der Waals surface area contributed by atoms with Crippen LogP contribution in [0, 0.1) is 13.8 Å². The highest BCUT2D eigenvalue weighted by atomic mass is 32.2.